The Bertz CT molecular complexity index is 1410. The van der Waals surface area contributed by atoms with Gasteiger partial charge < -0.3 is 25.3 Å². The molecule has 7 rings (SSSR count). The largest absolute Gasteiger partial charge is 0.393 e. The Hall–Kier alpha value is -2.49. The fraction of sp³-hybridized carbons (Fsp3) is 0.786. The van der Waals surface area contributed by atoms with Crippen LogP contribution in [0, 0.1) is 40.4 Å². The molecule has 6 fully saturated rings. The van der Waals surface area contributed by atoms with E-state index in [2.05, 4.69) is 37.9 Å². The summed E-state index contributed by atoms with van der Waals surface area (Å²) in [5.41, 5.74) is 1.20. The Kier molecular flexibility index (Phi) is 10.6. The molecule has 282 valence electrons. The van der Waals surface area contributed by atoms with Crippen molar-refractivity contribution in [2.75, 3.05) is 32.7 Å². The lowest BCUT2D eigenvalue weighted by Crippen LogP contribution is -2.63. The molecular formula is C42H64N4O5. The molecule has 6 aliphatic rings. The number of nitrogens with one attached hydrogen (secondary N) is 1. The van der Waals surface area contributed by atoms with Crippen LogP contribution in [0.3, 0.4) is 0 Å². The minimum absolute atomic E-state index is 0.0350. The van der Waals surface area contributed by atoms with Crippen LogP contribution in [0.1, 0.15) is 104 Å². The van der Waals surface area contributed by atoms with Crippen molar-refractivity contribution in [2.24, 2.45) is 40.4 Å². The van der Waals surface area contributed by atoms with Gasteiger partial charge in [0.05, 0.1) is 18.6 Å². The average molecular weight is 705 g/mol. The molecule has 0 bridgehead atoms. The first-order valence-corrected chi connectivity index (χ1v) is 20.4. The van der Waals surface area contributed by atoms with Crippen LogP contribution in [0.25, 0.3) is 0 Å². The Balaban J connectivity index is 0.968. The summed E-state index contributed by atoms with van der Waals surface area (Å²) in [6.07, 6.45) is 10.4. The highest BCUT2D eigenvalue weighted by Crippen LogP contribution is 2.66. The zero-order valence-corrected chi connectivity index (χ0v) is 31.6. The summed E-state index contributed by atoms with van der Waals surface area (Å²) in [6.45, 7) is 12.2. The van der Waals surface area contributed by atoms with Crippen molar-refractivity contribution in [1.82, 2.24) is 20.0 Å². The van der Waals surface area contributed by atoms with E-state index in [1.807, 2.05) is 35.2 Å². The number of nitrogens with zero attached hydrogens (tertiary/aromatic N) is 3. The zero-order valence-electron chi connectivity index (χ0n) is 31.6. The van der Waals surface area contributed by atoms with Gasteiger partial charge in [-0.2, -0.15) is 0 Å². The van der Waals surface area contributed by atoms with Crippen LogP contribution in [-0.4, -0.2) is 106 Å². The van der Waals surface area contributed by atoms with Crippen molar-refractivity contribution in [2.45, 2.75) is 135 Å². The number of aliphatic hydroxyl groups excluding tert-OH is 2. The third-order valence-electron chi connectivity index (χ3n) is 15.1. The fourth-order valence-corrected chi connectivity index (χ4v) is 12.3. The number of rotatable bonds is 8. The molecule has 11 atom stereocenters. The number of fused-ring (bicyclic) bond motifs is 5. The highest BCUT2D eigenvalue weighted by atomic mass is 16.3. The first-order valence-electron chi connectivity index (χ1n) is 20.4. The third-order valence-corrected chi connectivity index (χ3v) is 15.1. The van der Waals surface area contributed by atoms with Gasteiger partial charge in [-0.25, -0.2) is 0 Å². The van der Waals surface area contributed by atoms with Crippen molar-refractivity contribution >= 4 is 17.7 Å². The summed E-state index contributed by atoms with van der Waals surface area (Å²) >= 11 is 0. The van der Waals surface area contributed by atoms with Crippen molar-refractivity contribution in [3.05, 3.63) is 35.9 Å². The quantitative estimate of drug-likeness (QED) is 0.364. The molecule has 2 saturated heterocycles. The molecule has 0 radical (unpaired) electrons. The van der Waals surface area contributed by atoms with Crippen molar-refractivity contribution in [3.63, 3.8) is 0 Å². The zero-order chi connectivity index (χ0) is 36.1. The minimum atomic E-state index is -0.624. The molecule has 2 aliphatic heterocycles. The van der Waals surface area contributed by atoms with Gasteiger partial charge in [0.2, 0.25) is 17.7 Å². The summed E-state index contributed by atoms with van der Waals surface area (Å²) in [7, 11) is 0. The molecule has 4 saturated carbocycles. The first-order chi connectivity index (χ1) is 24.4. The molecule has 1 aromatic carbocycles. The van der Waals surface area contributed by atoms with E-state index in [4.69, 9.17) is 0 Å². The highest BCUT2D eigenvalue weighted by Gasteiger charge is 2.61. The summed E-state index contributed by atoms with van der Waals surface area (Å²) < 4.78 is 0. The molecule has 0 aromatic heterocycles. The maximum absolute atomic E-state index is 14.1. The van der Waals surface area contributed by atoms with Gasteiger partial charge in [-0.1, -0.05) is 58.0 Å². The first kappa shape index (κ1) is 36.9. The fourth-order valence-electron chi connectivity index (χ4n) is 12.3. The number of benzene rings is 1. The van der Waals surface area contributed by atoms with Crippen LogP contribution in [-0.2, 0) is 20.8 Å². The molecular weight excluding hydrogens is 640 g/mol. The number of likely N-dealkylation sites (tertiary alicyclic amines) is 1. The number of hydrogen-bond acceptors (Lipinski definition) is 6. The third kappa shape index (κ3) is 7.01. The molecule has 9 nitrogen and oxygen atoms in total. The van der Waals surface area contributed by atoms with E-state index in [9.17, 15) is 24.6 Å². The van der Waals surface area contributed by atoms with E-state index in [1.165, 1.54) is 19.3 Å². The molecule has 1 aromatic rings. The molecule has 51 heavy (non-hydrogen) atoms. The van der Waals surface area contributed by atoms with Gasteiger partial charge in [0.15, 0.2) is 0 Å². The predicted octanol–water partition coefficient (Wildman–Crippen LogP) is 4.64. The number of aliphatic hydroxyl groups is 2. The second kappa shape index (κ2) is 14.7. The van der Waals surface area contributed by atoms with E-state index in [0.29, 0.717) is 56.1 Å². The van der Waals surface area contributed by atoms with Gasteiger partial charge in [0, 0.05) is 38.8 Å². The monoisotopic (exact) mass is 704 g/mol. The van der Waals surface area contributed by atoms with Crippen molar-refractivity contribution in [3.8, 4) is 0 Å². The normalized spacial score (nSPS) is 38.9. The molecule has 3 amide bonds. The summed E-state index contributed by atoms with van der Waals surface area (Å²) in [5.74, 6) is 2.42. The second-order valence-corrected chi connectivity index (χ2v) is 18.3. The molecule has 0 unspecified atom stereocenters. The number of amides is 3. The Morgan fingerprint density at radius 1 is 0.882 bits per heavy atom. The van der Waals surface area contributed by atoms with E-state index >= 15 is 0 Å². The van der Waals surface area contributed by atoms with Gasteiger partial charge in [-0.05, 0) is 117 Å². The lowest BCUT2D eigenvalue weighted by Gasteiger charge is -2.62. The van der Waals surface area contributed by atoms with Crippen molar-refractivity contribution < 1.29 is 24.6 Å². The molecule has 3 N–H and O–H groups in total. The SMILES string of the molecule is CC(C)C[C@H](NC(=O)[C@@H]1CCCN1C(=O)Cc1ccccc1)C(=O)N1CCN([C@H]2C[C@@]3(C)[C@@H](CC[C@@H]4[C@@H]3CC[C@]3(C)[C@@H](O)CC[C@@H]43)C[C@@H]2O)CC1. The topological polar surface area (TPSA) is 113 Å². The van der Waals surface area contributed by atoms with Gasteiger partial charge >= 0.3 is 0 Å². The predicted molar refractivity (Wildman–Crippen MR) is 197 cm³/mol. The van der Waals surface area contributed by atoms with Gasteiger partial charge in [-0.3, -0.25) is 19.3 Å². The number of hydrogen-bond donors (Lipinski definition) is 3. The van der Waals surface area contributed by atoms with E-state index < -0.39 is 12.1 Å². The maximum Gasteiger partial charge on any atom is 0.245 e. The minimum Gasteiger partial charge on any atom is -0.393 e. The van der Waals surface area contributed by atoms with Gasteiger partial charge in [0.1, 0.15) is 12.1 Å². The summed E-state index contributed by atoms with van der Waals surface area (Å²) in [6, 6.07) is 8.57. The molecule has 4 aliphatic carbocycles. The summed E-state index contributed by atoms with van der Waals surface area (Å²) in [4.78, 5) is 47.1. The average Bonchev–Trinajstić information content (AvgIpc) is 3.73. The van der Waals surface area contributed by atoms with E-state index in [1.54, 1.807) is 4.90 Å². The van der Waals surface area contributed by atoms with Crippen LogP contribution < -0.4 is 5.32 Å². The Morgan fingerprint density at radius 3 is 2.33 bits per heavy atom. The summed E-state index contributed by atoms with van der Waals surface area (Å²) in [5, 5.41) is 25.6. The molecule has 0 spiro atoms. The smallest absolute Gasteiger partial charge is 0.245 e. The van der Waals surface area contributed by atoms with Crippen LogP contribution in [0.4, 0.5) is 0 Å². The number of piperazine rings is 1. The lowest BCUT2D eigenvalue weighted by molar-refractivity contribution is -0.157. The standard InChI is InChI=1S/C42H64N4O5/c1-27(2)23-33(43-39(50)34-11-8-18-46(34)38(49)24-28-9-6-5-7-10-28)40(51)45-21-19-44(20-22-45)35-26-42(4)29(25-36(35)47)12-13-30-31-14-15-37(48)41(31,3)17-16-32(30)42/h5-7,9-10,27,29-37,47-48H,8,11-26H2,1-4H3,(H,43,50)/t29-,30-,31-,32-,33-,34-,35-,36-,37-,41-,42-/m0/s1. The van der Waals surface area contributed by atoms with Crippen molar-refractivity contribution in [1.29, 1.82) is 0 Å². The number of carbonyl (C=O) groups excluding carboxylic acids is 3. The van der Waals surface area contributed by atoms with Crippen LogP contribution in [0.5, 0.6) is 0 Å². The van der Waals surface area contributed by atoms with Crippen LogP contribution in [0.2, 0.25) is 0 Å². The van der Waals surface area contributed by atoms with Gasteiger partial charge in [-0.15, -0.1) is 0 Å². The van der Waals surface area contributed by atoms with E-state index in [-0.39, 0.29) is 59.1 Å². The molecule has 9 heteroatoms. The lowest BCUT2D eigenvalue weighted by atomic mass is 9.44. The Morgan fingerprint density at radius 2 is 1.61 bits per heavy atom. The number of carbonyl (C=O) groups is 3. The van der Waals surface area contributed by atoms with E-state index in [0.717, 1.165) is 57.2 Å². The second-order valence-electron chi connectivity index (χ2n) is 18.3. The maximum atomic E-state index is 14.1. The van der Waals surface area contributed by atoms with Crippen LogP contribution in [0.15, 0.2) is 30.3 Å². The molecule has 2 heterocycles. The van der Waals surface area contributed by atoms with Crippen LogP contribution >= 0.6 is 0 Å². The van der Waals surface area contributed by atoms with Gasteiger partial charge in [0.25, 0.3) is 0 Å². The Labute approximate surface area is 305 Å². The highest BCUT2D eigenvalue weighted by molar-refractivity contribution is 5.92.